The zero-order valence-corrected chi connectivity index (χ0v) is 16.1. The van der Waals surface area contributed by atoms with E-state index in [0.29, 0.717) is 23.8 Å². The molecule has 0 saturated carbocycles. The minimum absolute atomic E-state index is 0.0615. The summed E-state index contributed by atoms with van der Waals surface area (Å²) in [6.45, 7) is 2.68. The Morgan fingerprint density at radius 2 is 1.50 bits per heavy atom. The molecule has 0 aromatic heterocycles. The van der Waals surface area contributed by atoms with E-state index in [9.17, 15) is 4.79 Å². The van der Waals surface area contributed by atoms with Crippen molar-refractivity contribution in [2.45, 2.75) is 19.8 Å². The number of benzene rings is 3. The minimum atomic E-state index is -0.223. The van der Waals surface area contributed by atoms with Crippen LogP contribution in [0.3, 0.4) is 0 Å². The molecule has 3 aromatic rings. The first-order chi connectivity index (χ1) is 13.8. The topological polar surface area (TPSA) is 47.6 Å². The zero-order valence-electron chi connectivity index (χ0n) is 16.1. The quantitative estimate of drug-likeness (QED) is 0.499. The maximum Gasteiger partial charge on any atom is 0.262 e. The Balaban J connectivity index is 1.53. The summed E-state index contributed by atoms with van der Waals surface area (Å²) < 4.78 is 11.4. The molecule has 0 aliphatic rings. The Morgan fingerprint density at radius 3 is 2.25 bits per heavy atom. The van der Waals surface area contributed by atoms with Crippen molar-refractivity contribution >= 4 is 11.6 Å². The van der Waals surface area contributed by atoms with Crippen molar-refractivity contribution in [3.63, 3.8) is 0 Å². The second kappa shape index (κ2) is 10.2. The molecule has 0 heterocycles. The van der Waals surface area contributed by atoms with Crippen molar-refractivity contribution in [1.29, 1.82) is 0 Å². The zero-order chi connectivity index (χ0) is 19.6. The van der Waals surface area contributed by atoms with E-state index >= 15 is 0 Å². The summed E-state index contributed by atoms with van der Waals surface area (Å²) in [4.78, 5) is 12.3. The summed E-state index contributed by atoms with van der Waals surface area (Å²) in [6, 6.07) is 25.3. The van der Waals surface area contributed by atoms with Crippen molar-refractivity contribution in [3.8, 4) is 22.6 Å². The molecular weight excluding hydrogens is 350 g/mol. The Bertz CT molecular complexity index is 876. The second-order valence-corrected chi connectivity index (χ2v) is 6.43. The van der Waals surface area contributed by atoms with Gasteiger partial charge in [-0.1, -0.05) is 67.9 Å². The third kappa shape index (κ3) is 5.61. The minimum Gasteiger partial charge on any atom is -0.491 e. The van der Waals surface area contributed by atoms with Crippen LogP contribution in [0.5, 0.6) is 11.5 Å². The number of amides is 1. The van der Waals surface area contributed by atoms with E-state index in [1.54, 1.807) is 0 Å². The molecule has 28 heavy (non-hydrogen) atoms. The van der Waals surface area contributed by atoms with Gasteiger partial charge in [0.1, 0.15) is 11.5 Å². The highest BCUT2D eigenvalue weighted by molar-refractivity contribution is 5.93. The van der Waals surface area contributed by atoms with Crippen LogP contribution in [0.15, 0.2) is 78.9 Å². The SMILES string of the molecule is CCCCOc1ccccc1NC(=O)COc1ccc(-c2ccccc2)cc1. The summed E-state index contributed by atoms with van der Waals surface area (Å²) in [6.07, 6.45) is 2.04. The number of unbranched alkanes of at least 4 members (excludes halogenated alkanes) is 1. The fraction of sp³-hybridized carbons (Fsp3) is 0.208. The normalized spacial score (nSPS) is 10.3. The number of hydrogen-bond acceptors (Lipinski definition) is 3. The van der Waals surface area contributed by atoms with Crippen LogP contribution < -0.4 is 14.8 Å². The molecule has 0 unspecified atom stereocenters. The lowest BCUT2D eigenvalue weighted by Gasteiger charge is -2.13. The molecule has 3 aromatic carbocycles. The number of carbonyl (C=O) groups is 1. The molecule has 0 aliphatic carbocycles. The molecule has 3 rings (SSSR count). The average Bonchev–Trinajstić information content (AvgIpc) is 2.75. The van der Waals surface area contributed by atoms with Gasteiger partial charge >= 0.3 is 0 Å². The van der Waals surface area contributed by atoms with E-state index in [1.807, 2.05) is 66.7 Å². The summed E-state index contributed by atoms with van der Waals surface area (Å²) in [5.74, 6) is 1.11. The lowest BCUT2D eigenvalue weighted by molar-refractivity contribution is -0.118. The third-order valence-electron chi connectivity index (χ3n) is 4.25. The number of anilines is 1. The van der Waals surface area contributed by atoms with Crippen LogP contribution in [0.25, 0.3) is 11.1 Å². The van der Waals surface area contributed by atoms with Crippen molar-refractivity contribution in [2.75, 3.05) is 18.5 Å². The first kappa shape index (κ1) is 19.5. The van der Waals surface area contributed by atoms with Crippen molar-refractivity contribution in [1.82, 2.24) is 0 Å². The van der Waals surface area contributed by atoms with E-state index < -0.39 is 0 Å². The van der Waals surface area contributed by atoms with Gasteiger partial charge in [0.05, 0.1) is 12.3 Å². The van der Waals surface area contributed by atoms with Crippen LogP contribution in [-0.4, -0.2) is 19.1 Å². The van der Waals surface area contributed by atoms with Gasteiger partial charge in [-0.05, 0) is 41.8 Å². The van der Waals surface area contributed by atoms with Gasteiger partial charge < -0.3 is 14.8 Å². The molecule has 0 bridgehead atoms. The fourth-order valence-electron chi connectivity index (χ4n) is 2.73. The molecule has 1 amide bonds. The summed E-state index contributed by atoms with van der Waals surface area (Å²) in [5.41, 5.74) is 2.91. The van der Waals surface area contributed by atoms with Gasteiger partial charge in [0.25, 0.3) is 5.91 Å². The van der Waals surface area contributed by atoms with Crippen molar-refractivity contribution < 1.29 is 14.3 Å². The van der Waals surface area contributed by atoms with Crippen LogP contribution in [0.4, 0.5) is 5.69 Å². The molecule has 4 heteroatoms. The predicted octanol–water partition coefficient (Wildman–Crippen LogP) is 5.55. The highest BCUT2D eigenvalue weighted by Gasteiger charge is 2.08. The van der Waals surface area contributed by atoms with Crippen LogP contribution >= 0.6 is 0 Å². The monoisotopic (exact) mass is 375 g/mol. The van der Waals surface area contributed by atoms with Gasteiger partial charge in [0.15, 0.2) is 6.61 Å². The van der Waals surface area contributed by atoms with Crippen LogP contribution in [0.2, 0.25) is 0 Å². The molecule has 1 N–H and O–H groups in total. The van der Waals surface area contributed by atoms with Gasteiger partial charge in [0, 0.05) is 0 Å². The summed E-state index contributed by atoms with van der Waals surface area (Å²) in [5, 5.41) is 2.86. The first-order valence-electron chi connectivity index (χ1n) is 9.56. The Labute approximate surface area is 166 Å². The number of nitrogens with one attached hydrogen (secondary N) is 1. The van der Waals surface area contributed by atoms with Gasteiger partial charge in [-0.15, -0.1) is 0 Å². The van der Waals surface area contributed by atoms with Crippen molar-refractivity contribution in [3.05, 3.63) is 78.9 Å². The molecular formula is C24H25NO3. The smallest absolute Gasteiger partial charge is 0.262 e. The van der Waals surface area contributed by atoms with Gasteiger partial charge in [-0.3, -0.25) is 4.79 Å². The Kier molecular flexibility index (Phi) is 7.08. The maximum atomic E-state index is 12.3. The largest absolute Gasteiger partial charge is 0.491 e. The molecule has 4 nitrogen and oxygen atoms in total. The number of para-hydroxylation sites is 2. The van der Waals surface area contributed by atoms with Crippen LogP contribution in [0, 0.1) is 0 Å². The van der Waals surface area contributed by atoms with Crippen molar-refractivity contribution in [2.24, 2.45) is 0 Å². The van der Waals surface area contributed by atoms with Crippen LogP contribution in [0.1, 0.15) is 19.8 Å². The van der Waals surface area contributed by atoms with Gasteiger partial charge in [-0.2, -0.15) is 0 Å². The first-order valence-corrected chi connectivity index (χ1v) is 9.56. The van der Waals surface area contributed by atoms with E-state index in [2.05, 4.69) is 24.4 Å². The lowest BCUT2D eigenvalue weighted by Crippen LogP contribution is -2.20. The van der Waals surface area contributed by atoms with Crippen LogP contribution in [-0.2, 0) is 4.79 Å². The highest BCUT2D eigenvalue weighted by Crippen LogP contribution is 2.24. The Hall–Kier alpha value is -3.27. The molecule has 0 atom stereocenters. The summed E-state index contributed by atoms with van der Waals surface area (Å²) in [7, 11) is 0. The molecule has 0 fully saturated rings. The number of ether oxygens (including phenoxy) is 2. The molecule has 0 spiro atoms. The number of carbonyl (C=O) groups excluding carboxylic acids is 1. The van der Waals surface area contributed by atoms with E-state index in [-0.39, 0.29) is 12.5 Å². The fourth-order valence-corrected chi connectivity index (χ4v) is 2.73. The average molecular weight is 375 g/mol. The standard InChI is InChI=1S/C24H25NO3/c1-2-3-17-27-23-12-8-7-11-22(23)25-24(26)18-28-21-15-13-20(14-16-21)19-9-5-4-6-10-19/h4-16H,2-3,17-18H2,1H3,(H,25,26). The second-order valence-electron chi connectivity index (χ2n) is 6.43. The number of hydrogen-bond donors (Lipinski definition) is 1. The molecule has 0 radical (unpaired) electrons. The molecule has 144 valence electrons. The highest BCUT2D eigenvalue weighted by atomic mass is 16.5. The maximum absolute atomic E-state index is 12.3. The lowest BCUT2D eigenvalue weighted by atomic mass is 10.1. The van der Waals surface area contributed by atoms with Gasteiger partial charge in [0.2, 0.25) is 0 Å². The van der Waals surface area contributed by atoms with Gasteiger partial charge in [-0.25, -0.2) is 0 Å². The predicted molar refractivity (Wildman–Crippen MR) is 113 cm³/mol. The Morgan fingerprint density at radius 1 is 0.821 bits per heavy atom. The number of rotatable bonds is 9. The van der Waals surface area contributed by atoms with E-state index in [0.717, 1.165) is 24.0 Å². The third-order valence-corrected chi connectivity index (χ3v) is 4.25. The summed E-state index contributed by atoms with van der Waals surface area (Å²) >= 11 is 0. The molecule has 0 saturated heterocycles. The molecule has 0 aliphatic heterocycles. The van der Waals surface area contributed by atoms with E-state index in [1.165, 1.54) is 0 Å². The van der Waals surface area contributed by atoms with E-state index in [4.69, 9.17) is 9.47 Å².